The van der Waals surface area contributed by atoms with E-state index in [9.17, 15) is 13.6 Å². The van der Waals surface area contributed by atoms with Crippen LogP contribution in [0.15, 0.2) is 6.20 Å². The maximum atomic E-state index is 12.4. The molecule has 1 aliphatic rings. The highest BCUT2D eigenvalue weighted by Crippen LogP contribution is 2.27. The van der Waals surface area contributed by atoms with Gasteiger partial charge in [0.05, 0.1) is 19.3 Å². The first-order chi connectivity index (χ1) is 6.08. The van der Waals surface area contributed by atoms with Gasteiger partial charge in [0.1, 0.15) is 0 Å². The van der Waals surface area contributed by atoms with Gasteiger partial charge >= 0.3 is 0 Å². The molecule has 0 spiro atoms. The predicted molar refractivity (Wildman–Crippen MR) is 37.2 cm³/mol. The number of likely N-dealkylation sites (tertiary alicyclic amines) is 1. The van der Waals surface area contributed by atoms with Crippen LogP contribution in [0.2, 0.25) is 0 Å². The minimum absolute atomic E-state index is 0.0653. The summed E-state index contributed by atoms with van der Waals surface area (Å²) in [4.78, 5) is 12.3. The highest BCUT2D eigenvalue weighted by atomic mass is 19.3. The normalized spacial score (nSPS) is 19.7. The van der Waals surface area contributed by atoms with Crippen LogP contribution in [0.1, 0.15) is 10.5 Å². The van der Waals surface area contributed by atoms with Crippen LogP contribution in [-0.2, 0) is 0 Å². The number of halogens is 2. The summed E-state index contributed by atoms with van der Waals surface area (Å²) in [6.07, 6.45) is 1.21. The molecule has 1 aliphatic heterocycles. The molecule has 1 N–H and O–H groups in total. The van der Waals surface area contributed by atoms with Crippen molar-refractivity contribution in [3.8, 4) is 0 Å². The van der Waals surface area contributed by atoms with Gasteiger partial charge in [0.2, 0.25) is 0 Å². The van der Waals surface area contributed by atoms with Crippen molar-refractivity contribution < 1.29 is 13.6 Å². The first kappa shape index (κ1) is 8.09. The minimum Gasteiger partial charge on any atom is -0.325 e. The van der Waals surface area contributed by atoms with Gasteiger partial charge in [0, 0.05) is 0 Å². The molecule has 2 heterocycles. The number of hydrogen-bond donors (Lipinski definition) is 1. The number of aromatic nitrogens is 3. The molecular formula is C6H6F2N4O. The molecule has 13 heavy (non-hydrogen) atoms. The fourth-order valence-corrected chi connectivity index (χ4v) is 1.12. The van der Waals surface area contributed by atoms with Gasteiger partial charge in [0.25, 0.3) is 11.8 Å². The van der Waals surface area contributed by atoms with Crippen molar-refractivity contribution in [2.75, 3.05) is 13.1 Å². The molecule has 0 unspecified atom stereocenters. The van der Waals surface area contributed by atoms with Crippen molar-refractivity contribution in [3.63, 3.8) is 0 Å². The van der Waals surface area contributed by atoms with Gasteiger partial charge in [-0.15, -0.1) is 0 Å². The number of amides is 1. The molecule has 70 valence electrons. The Morgan fingerprint density at radius 3 is 2.77 bits per heavy atom. The van der Waals surface area contributed by atoms with Crippen molar-refractivity contribution in [2.24, 2.45) is 0 Å². The number of hydrogen-bond acceptors (Lipinski definition) is 3. The van der Waals surface area contributed by atoms with Crippen molar-refractivity contribution in [1.29, 1.82) is 0 Å². The summed E-state index contributed by atoms with van der Waals surface area (Å²) >= 11 is 0. The van der Waals surface area contributed by atoms with E-state index in [0.29, 0.717) is 0 Å². The second-order valence-electron chi connectivity index (χ2n) is 2.87. The molecule has 1 amide bonds. The topological polar surface area (TPSA) is 61.9 Å². The number of carbonyl (C=O) groups is 1. The van der Waals surface area contributed by atoms with Crippen LogP contribution < -0.4 is 0 Å². The van der Waals surface area contributed by atoms with Crippen molar-refractivity contribution in [3.05, 3.63) is 11.9 Å². The Labute approximate surface area is 71.7 Å². The summed E-state index contributed by atoms with van der Waals surface area (Å²) in [5, 5.41) is 9.14. The molecule has 0 bridgehead atoms. The first-order valence-corrected chi connectivity index (χ1v) is 3.61. The second kappa shape index (κ2) is 2.48. The number of carbonyl (C=O) groups excluding carboxylic acids is 1. The number of nitrogens with zero attached hydrogens (tertiary/aromatic N) is 3. The molecule has 5 nitrogen and oxygen atoms in total. The Hall–Kier alpha value is -1.53. The van der Waals surface area contributed by atoms with Crippen molar-refractivity contribution in [2.45, 2.75) is 5.92 Å². The third-order valence-electron chi connectivity index (χ3n) is 1.77. The van der Waals surface area contributed by atoms with Gasteiger partial charge in [0.15, 0.2) is 5.69 Å². The van der Waals surface area contributed by atoms with Crippen LogP contribution in [0.25, 0.3) is 0 Å². The highest BCUT2D eigenvalue weighted by molar-refractivity contribution is 5.92. The third-order valence-corrected chi connectivity index (χ3v) is 1.77. The fraction of sp³-hybridized carbons (Fsp3) is 0.500. The molecule has 0 aromatic carbocycles. The zero-order chi connectivity index (χ0) is 9.47. The van der Waals surface area contributed by atoms with Gasteiger partial charge in [-0.2, -0.15) is 15.4 Å². The third kappa shape index (κ3) is 1.36. The Morgan fingerprint density at radius 1 is 1.62 bits per heavy atom. The van der Waals surface area contributed by atoms with Gasteiger partial charge < -0.3 is 4.90 Å². The van der Waals surface area contributed by atoms with Crippen molar-refractivity contribution >= 4 is 5.91 Å². The number of aromatic amines is 1. The van der Waals surface area contributed by atoms with Crippen LogP contribution in [0.4, 0.5) is 8.78 Å². The number of H-pyrrole nitrogens is 1. The summed E-state index contributed by atoms with van der Waals surface area (Å²) in [5.41, 5.74) is 0.0653. The van der Waals surface area contributed by atoms with E-state index in [0.717, 1.165) is 4.90 Å². The minimum atomic E-state index is -2.74. The number of rotatable bonds is 1. The van der Waals surface area contributed by atoms with Gasteiger partial charge in [-0.3, -0.25) is 4.79 Å². The highest BCUT2D eigenvalue weighted by Gasteiger charge is 2.46. The molecular weight excluding hydrogens is 182 g/mol. The van der Waals surface area contributed by atoms with E-state index in [4.69, 9.17) is 0 Å². The number of nitrogens with one attached hydrogen (secondary N) is 1. The predicted octanol–water partition coefficient (Wildman–Crippen LogP) is -0.104. The van der Waals surface area contributed by atoms with E-state index in [-0.39, 0.29) is 5.69 Å². The average Bonchev–Trinajstić information content (AvgIpc) is 2.50. The Bertz CT molecular complexity index is 315. The standard InChI is InChI=1S/C6H6F2N4O/c7-6(8)2-12(3-6)5(13)4-1-9-11-10-4/h1H,2-3H2,(H,9,10,11). The molecule has 1 aromatic heterocycles. The summed E-state index contributed by atoms with van der Waals surface area (Å²) in [7, 11) is 0. The summed E-state index contributed by atoms with van der Waals surface area (Å²) in [6, 6.07) is 0. The summed E-state index contributed by atoms with van der Waals surface area (Å²) in [5.74, 6) is -3.25. The number of alkyl halides is 2. The largest absolute Gasteiger partial charge is 0.325 e. The second-order valence-corrected chi connectivity index (χ2v) is 2.87. The van der Waals surface area contributed by atoms with Gasteiger partial charge in [-0.25, -0.2) is 8.78 Å². The molecule has 1 fully saturated rings. The van der Waals surface area contributed by atoms with E-state index in [1.54, 1.807) is 0 Å². The first-order valence-electron chi connectivity index (χ1n) is 3.61. The van der Waals surface area contributed by atoms with E-state index in [1.807, 2.05) is 0 Å². The molecule has 0 aliphatic carbocycles. The lowest BCUT2D eigenvalue weighted by Gasteiger charge is -2.37. The van der Waals surface area contributed by atoms with E-state index in [2.05, 4.69) is 15.4 Å². The summed E-state index contributed by atoms with van der Waals surface area (Å²) in [6.45, 7) is -1.06. The average molecular weight is 188 g/mol. The molecule has 0 saturated carbocycles. The fourth-order valence-electron chi connectivity index (χ4n) is 1.12. The summed E-state index contributed by atoms with van der Waals surface area (Å²) < 4.78 is 24.7. The maximum absolute atomic E-state index is 12.4. The zero-order valence-electron chi connectivity index (χ0n) is 6.50. The van der Waals surface area contributed by atoms with Crippen LogP contribution in [0.5, 0.6) is 0 Å². The molecule has 1 saturated heterocycles. The van der Waals surface area contributed by atoms with E-state index < -0.39 is 24.9 Å². The van der Waals surface area contributed by atoms with Crippen LogP contribution in [0.3, 0.4) is 0 Å². The van der Waals surface area contributed by atoms with Gasteiger partial charge in [-0.05, 0) is 0 Å². The quantitative estimate of drug-likeness (QED) is 0.669. The van der Waals surface area contributed by atoms with Crippen LogP contribution >= 0.6 is 0 Å². The Kier molecular flexibility index (Phi) is 1.54. The molecule has 0 atom stereocenters. The lowest BCUT2D eigenvalue weighted by molar-refractivity contribution is -0.113. The molecule has 2 rings (SSSR count). The lowest BCUT2D eigenvalue weighted by Crippen LogP contribution is -2.58. The van der Waals surface area contributed by atoms with E-state index >= 15 is 0 Å². The molecule has 0 radical (unpaired) electrons. The maximum Gasteiger partial charge on any atom is 0.282 e. The molecule has 1 aromatic rings. The Balaban J connectivity index is 2.02. The zero-order valence-corrected chi connectivity index (χ0v) is 6.50. The monoisotopic (exact) mass is 188 g/mol. The van der Waals surface area contributed by atoms with E-state index in [1.165, 1.54) is 6.20 Å². The smallest absolute Gasteiger partial charge is 0.282 e. The van der Waals surface area contributed by atoms with Crippen LogP contribution in [-0.4, -0.2) is 45.2 Å². The van der Waals surface area contributed by atoms with Gasteiger partial charge in [-0.1, -0.05) is 0 Å². The van der Waals surface area contributed by atoms with Crippen LogP contribution in [0, 0.1) is 0 Å². The molecule has 7 heteroatoms. The SMILES string of the molecule is O=C(c1cn[nH]n1)N1CC(F)(F)C1. The Morgan fingerprint density at radius 2 is 2.31 bits per heavy atom. The van der Waals surface area contributed by atoms with Crippen molar-refractivity contribution in [1.82, 2.24) is 20.3 Å². The lowest BCUT2D eigenvalue weighted by atomic mass is 10.1.